The monoisotopic (exact) mass is 253 g/mol. The van der Waals surface area contributed by atoms with Crippen LogP contribution in [0.4, 0.5) is 0 Å². The largest absolute Gasteiger partial charge is 0.487 e. The van der Waals surface area contributed by atoms with Gasteiger partial charge in [0.1, 0.15) is 18.6 Å². The molecule has 1 fully saturated rings. The molecular formula is C16H15NO2. The molecule has 3 nitrogen and oxygen atoms in total. The SMILES string of the molecule is O=CC1CC1c1cncc(OCc2ccccc2)c1. The van der Waals surface area contributed by atoms with E-state index in [0.717, 1.165) is 29.6 Å². The van der Waals surface area contributed by atoms with Crippen LogP contribution >= 0.6 is 0 Å². The Morgan fingerprint density at radius 1 is 1.26 bits per heavy atom. The van der Waals surface area contributed by atoms with Crippen LogP contribution in [0.5, 0.6) is 5.75 Å². The Kier molecular flexibility index (Phi) is 3.27. The lowest BCUT2D eigenvalue weighted by Crippen LogP contribution is -1.96. The summed E-state index contributed by atoms with van der Waals surface area (Å²) in [4.78, 5) is 14.9. The highest BCUT2D eigenvalue weighted by Crippen LogP contribution is 2.46. The molecule has 96 valence electrons. The van der Waals surface area contributed by atoms with Crippen LogP contribution in [-0.4, -0.2) is 11.3 Å². The van der Waals surface area contributed by atoms with Crippen LogP contribution in [0.3, 0.4) is 0 Å². The normalized spacial score (nSPS) is 20.8. The van der Waals surface area contributed by atoms with Gasteiger partial charge in [0.2, 0.25) is 0 Å². The lowest BCUT2D eigenvalue weighted by Gasteiger charge is -2.07. The highest BCUT2D eigenvalue weighted by atomic mass is 16.5. The summed E-state index contributed by atoms with van der Waals surface area (Å²) in [6.45, 7) is 0.535. The summed E-state index contributed by atoms with van der Waals surface area (Å²) in [5.74, 6) is 1.27. The molecule has 1 saturated carbocycles. The lowest BCUT2D eigenvalue weighted by molar-refractivity contribution is -0.108. The molecule has 0 bridgehead atoms. The van der Waals surface area contributed by atoms with E-state index in [0.29, 0.717) is 12.5 Å². The number of carbonyl (C=O) groups excluding carboxylic acids is 1. The number of pyridine rings is 1. The fourth-order valence-electron chi connectivity index (χ4n) is 2.21. The number of carbonyl (C=O) groups is 1. The molecule has 3 rings (SSSR count). The maximum Gasteiger partial charge on any atom is 0.138 e. The summed E-state index contributed by atoms with van der Waals surface area (Å²) in [6, 6.07) is 12.0. The predicted molar refractivity (Wildman–Crippen MR) is 71.9 cm³/mol. The van der Waals surface area contributed by atoms with E-state index in [1.807, 2.05) is 42.6 Å². The summed E-state index contributed by atoms with van der Waals surface area (Å²) >= 11 is 0. The Morgan fingerprint density at radius 3 is 2.84 bits per heavy atom. The van der Waals surface area contributed by atoms with Crippen LogP contribution in [0.25, 0.3) is 0 Å². The minimum atomic E-state index is 0.172. The van der Waals surface area contributed by atoms with Gasteiger partial charge in [-0.25, -0.2) is 0 Å². The van der Waals surface area contributed by atoms with Crippen LogP contribution in [0.15, 0.2) is 48.8 Å². The van der Waals surface area contributed by atoms with Gasteiger partial charge in [-0.2, -0.15) is 0 Å². The number of benzene rings is 1. The molecule has 19 heavy (non-hydrogen) atoms. The molecule has 1 aliphatic carbocycles. The number of hydrogen-bond acceptors (Lipinski definition) is 3. The molecule has 1 aliphatic rings. The minimum Gasteiger partial charge on any atom is -0.487 e. The van der Waals surface area contributed by atoms with Crippen molar-refractivity contribution in [2.75, 3.05) is 0 Å². The molecule has 2 unspecified atom stereocenters. The smallest absolute Gasteiger partial charge is 0.138 e. The van der Waals surface area contributed by atoms with Gasteiger partial charge in [0, 0.05) is 12.1 Å². The Morgan fingerprint density at radius 2 is 2.11 bits per heavy atom. The van der Waals surface area contributed by atoms with Crippen molar-refractivity contribution in [1.82, 2.24) is 4.98 Å². The standard InChI is InChI=1S/C16H15NO2/c18-10-14-7-16(14)13-6-15(9-17-8-13)19-11-12-4-2-1-3-5-12/h1-6,8-10,14,16H,7,11H2. The Bertz CT molecular complexity index is 568. The molecule has 0 saturated heterocycles. The van der Waals surface area contributed by atoms with Crippen LogP contribution < -0.4 is 4.74 Å². The van der Waals surface area contributed by atoms with Crippen LogP contribution in [0.2, 0.25) is 0 Å². The average molecular weight is 253 g/mol. The summed E-state index contributed by atoms with van der Waals surface area (Å²) in [5, 5.41) is 0. The topological polar surface area (TPSA) is 39.2 Å². The van der Waals surface area contributed by atoms with E-state index in [1.165, 1.54) is 0 Å². The minimum absolute atomic E-state index is 0.172. The highest BCUT2D eigenvalue weighted by Gasteiger charge is 2.38. The molecule has 0 aliphatic heterocycles. The number of ether oxygens (including phenoxy) is 1. The van der Waals surface area contributed by atoms with Gasteiger partial charge >= 0.3 is 0 Å². The van der Waals surface area contributed by atoms with Gasteiger partial charge in [0.15, 0.2) is 0 Å². The van der Waals surface area contributed by atoms with Gasteiger partial charge in [0.25, 0.3) is 0 Å². The third kappa shape index (κ3) is 2.81. The van der Waals surface area contributed by atoms with Crippen molar-refractivity contribution in [3.8, 4) is 5.75 Å². The molecule has 0 amide bonds. The average Bonchev–Trinajstić information content (AvgIpc) is 3.26. The first-order valence-electron chi connectivity index (χ1n) is 6.44. The molecule has 3 heteroatoms. The first kappa shape index (κ1) is 11.9. The number of aromatic nitrogens is 1. The third-order valence-corrected chi connectivity index (χ3v) is 3.43. The van der Waals surface area contributed by atoms with E-state index in [2.05, 4.69) is 4.98 Å². The third-order valence-electron chi connectivity index (χ3n) is 3.43. The first-order valence-corrected chi connectivity index (χ1v) is 6.44. The summed E-state index contributed by atoms with van der Waals surface area (Å²) in [7, 11) is 0. The molecule has 1 heterocycles. The summed E-state index contributed by atoms with van der Waals surface area (Å²) < 4.78 is 5.73. The number of aldehydes is 1. The number of hydrogen-bond donors (Lipinski definition) is 0. The Labute approximate surface area is 112 Å². The van der Waals surface area contributed by atoms with Crippen LogP contribution in [0.1, 0.15) is 23.5 Å². The fourth-order valence-corrected chi connectivity index (χ4v) is 2.21. The second-order valence-electron chi connectivity index (χ2n) is 4.87. The van der Waals surface area contributed by atoms with Crippen molar-refractivity contribution in [1.29, 1.82) is 0 Å². The van der Waals surface area contributed by atoms with Crippen LogP contribution in [0, 0.1) is 5.92 Å². The van der Waals surface area contributed by atoms with Crippen molar-refractivity contribution in [2.24, 2.45) is 5.92 Å². The molecule has 0 N–H and O–H groups in total. The van der Waals surface area contributed by atoms with Gasteiger partial charge in [-0.15, -0.1) is 0 Å². The van der Waals surface area contributed by atoms with Gasteiger partial charge < -0.3 is 9.53 Å². The first-order chi connectivity index (χ1) is 9.36. The van der Waals surface area contributed by atoms with E-state index >= 15 is 0 Å². The maximum absolute atomic E-state index is 10.7. The second kappa shape index (κ2) is 5.22. The van der Waals surface area contributed by atoms with Crippen molar-refractivity contribution in [3.63, 3.8) is 0 Å². The van der Waals surface area contributed by atoms with Crippen LogP contribution in [-0.2, 0) is 11.4 Å². The summed E-state index contributed by atoms with van der Waals surface area (Å²) in [6.07, 6.45) is 5.50. The molecule has 2 atom stereocenters. The zero-order chi connectivity index (χ0) is 13.1. The van der Waals surface area contributed by atoms with Gasteiger partial charge in [-0.05, 0) is 29.5 Å². The molecular weight excluding hydrogens is 238 g/mol. The molecule has 0 radical (unpaired) electrons. The maximum atomic E-state index is 10.7. The Balaban J connectivity index is 1.65. The van der Waals surface area contributed by atoms with E-state index in [4.69, 9.17) is 4.74 Å². The molecule has 1 aromatic carbocycles. The number of nitrogens with zero attached hydrogens (tertiary/aromatic N) is 1. The molecule has 2 aromatic rings. The zero-order valence-electron chi connectivity index (χ0n) is 10.5. The van der Waals surface area contributed by atoms with Gasteiger partial charge in [-0.3, -0.25) is 4.98 Å². The van der Waals surface area contributed by atoms with Crippen molar-refractivity contribution in [3.05, 3.63) is 59.9 Å². The van der Waals surface area contributed by atoms with Crippen molar-refractivity contribution < 1.29 is 9.53 Å². The van der Waals surface area contributed by atoms with E-state index < -0.39 is 0 Å². The van der Waals surface area contributed by atoms with Gasteiger partial charge in [-0.1, -0.05) is 30.3 Å². The molecule has 1 aromatic heterocycles. The van der Waals surface area contributed by atoms with Crippen molar-refractivity contribution >= 4 is 6.29 Å². The predicted octanol–water partition coefficient (Wildman–Crippen LogP) is 2.96. The lowest BCUT2D eigenvalue weighted by atomic mass is 10.1. The van der Waals surface area contributed by atoms with E-state index in [1.54, 1.807) is 6.20 Å². The van der Waals surface area contributed by atoms with Gasteiger partial charge in [0.05, 0.1) is 6.20 Å². The van der Waals surface area contributed by atoms with E-state index in [-0.39, 0.29) is 5.92 Å². The van der Waals surface area contributed by atoms with E-state index in [9.17, 15) is 4.79 Å². The summed E-state index contributed by atoms with van der Waals surface area (Å²) in [5.41, 5.74) is 2.23. The second-order valence-corrected chi connectivity index (χ2v) is 4.87. The molecule has 0 spiro atoms. The van der Waals surface area contributed by atoms with Crippen molar-refractivity contribution in [2.45, 2.75) is 18.9 Å². The number of rotatable bonds is 5. The Hall–Kier alpha value is -2.16. The quantitative estimate of drug-likeness (QED) is 0.769. The zero-order valence-corrected chi connectivity index (χ0v) is 10.5. The fraction of sp³-hybridized carbons (Fsp3) is 0.250. The highest BCUT2D eigenvalue weighted by molar-refractivity contribution is 5.61.